The first-order valence-corrected chi connectivity index (χ1v) is 7.03. The molecule has 8 heteroatoms. The summed E-state index contributed by atoms with van der Waals surface area (Å²) in [5.41, 5.74) is 0. The van der Waals surface area contributed by atoms with E-state index in [1.165, 1.54) is 31.9 Å². The van der Waals surface area contributed by atoms with E-state index >= 15 is 0 Å². The molecule has 0 radical (unpaired) electrons. The lowest BCUT2D eigenvalue weighted by molar-refractivity contribution is -0.141. The van der Waals surface area contributed by atoms with Crippen molar-refractivity contribution in [1.82, 2.24) is 10.2 Å². The molecule has 3 amide bonds. The zero-order chi connectivity index (χ0) is 14.7. The second-order valence-electron chi connectivity index (χ2n) is 4.34. The summed E-state index contributed by atoms with van der Waals surface area (Å²) in [7, 11) is 1.46. The number of aliphatic imine (C=N–C) groups is 1. The van der Waals surface area contributed by atoms with Crippen LogP contribution >= 0.6 is 11.8 Å². The van der Waals surface area contributed by atoms with Gasteiger partial charge in [-0.1, -0.05) is 0 Å². The van der Waals surface area contributed by atoms with E-state index in [0.717, 1.165) is 4.90 Å². The van der Waals surface area contributed by atoms with Crippen LogP contribution in [-0.4, -0.2) is 59.7 Å². The first-order valence-electron chi connectivity index (χ1n) is 6.05. The molecule has 1 N–H and O–H groups in total. The molecule has 0 fully saturated rings. The van der Waals surface area contributed by atoms with Gasteiger partial charge in [0.2, 0.25) is 5.91 Å². The van der Waals surface area contributed by atoms with Crippen LogP contribution in [-0.2, 0) is 19.1 Å². The normalized spacial score (nSPS) is 21.6. The third-order valence-electron chi connectivity index (χ3n) is 2.87. The van der Waals surface area contributed by atoms with Crippen molar-refractivity contribution in [1.29, 1.82) is 0 Å². The molecule has 0 aromatic heterocycles. The van der Waals surface area contributed by atoms with Gasteiger partial charge in [0, 0.05) is 18.8 Å². The minimum absolute atomic E-state index is 0.147. The van der Waals surface area contributed by atoms with Gasteiger partial charge in [0.15, 0.2) is 0 Å². The van der Waals surface area contributed by atoms with Gasteiger partial charge in [-0.15, -0.1) is 11.8 Å². The number of rotatable bonds is 4. The van der Waals surface area contributed by atoms with Crippen LogP contribution in [0.5, 0.6) is 0 Å². The van der Waals surface area contributed by atoms with E-state index in [1.807, 2.05) is 0 Å². The first kappa shape index (κ1) is 14.6. The quantitative estimate of drug-likeness (QED) is 0.709. The van der Waals surface area contributed by atoms with Crippen molar-refractivity contribution in [3.05, 3.63) is 11.8 Å². The number of nitrogens with zero attached hydrogens (tertiary/aromatic N) is 2. The largest absolute Gasteiger partial charge is 0.499 e. The molecule has 108 valence electrons. The minimum atomic E-state index is -0.572. The number of imide groups is 1. The lowest BCUT2D eigenvalue weighted by Crippen LogP contribution is -2.40. The molecule has 0 saturated heterocycles. The molecule has 2 aliphatic rings. The average Bonchev–Trinajstić information content (AvgIpc) is 3.02. The van der Waals surface area contributed by atoms with E-state index in [2.05, 4.69) is 10.3 Å². The van der Waals surface area contributed by atoms with Crippen molar-refractivity contribution < 1.29 is 19.1 Å². The van der Waals surface area contributed by atoms with Crippen LogP contribution in [0.2, 0.25) is 0 Å². The molecule has 0 unspecified atom stereocenters. The Morgan fingerprint density at radius 2 is 2.35 bits per heavy atom. The molecule has 0 aliphatic carbocycles. The van der Waals surface area contributed by atoms with Gasteiger partial charge in [-0.3, -0.25) is 24.3 Å². The number of methoxy groups -OCH3 is 1. The van der Waals surface area contributed by atoms with Crippen LogP contribution in [0.1, 0.15) is 6.92 Å². The van der Waals surface area contributed by atoms with Gasteiger partial charge < -0.3 is 10.1 Å². The molecule has 0 bridgehead atoms. The van der Waals surface area contributed by atoms with Crippen LogP contribution < -0.4 is 5.32 Å². The standard InChI is InChI=1S/C12H15N3O4S/c1-7(16)13-4-10-14-9(6-20-10)12(18)15-5-8(19-2)3-11(15)17/h3,9H,4-6H2,1-2H3,(H,13,16)/t9-/m1/s1. The minimum Gasteiger partial charge on any atom is -0.499 e. The van der Waals surface area contributed by atoms with E-state index in [0.29, 0.717) is 23.1 Å². The Bertz CT molecular complexity index is 515. The number of carbonyl (C=O) groups is 3. The highest BCUT2D eigenvalue weighted by atomic mass is 32.2. The number of hydrogen-bond donors (Lipinski definition) is 1. The SMILES string of the molecule is COC1=CC(=O)N(C(=O)[C@H]2CSC(CNC(C)=O)=N2)C1. The average molecular weight is 297 g/mol. The summed E-state index contributed by atoms with van der Waals surface area (Å²) in [4.78, 5) is 40.1. The van der Waals surface area contributed by atoms with Crippen molar-refractivity contribution in [3.63, 3.8) is 0 Å². The molecule has 2 heterocycles. The number of nitrogens with one attached hydrogen (secondary N) is 1. The molecule has 20 heavy (non-hydrogen) atoms. The van der Waals surface area contributed by atoms with Crippen LogP contribution in [0.3, 0.4) is 0 Å². The Morgan fingerprint density at radius 1 is 1.60 bits per heavy atom. The van der Waals surface area contributed by atoms with Gasteiger partial charge in [0.05, 0.1) is 25.2 Å². The maximum absolute atomic E-state index is 12.2. The molecule has 7 nitrogen and oxygen atoms in total. The fourth-order valence-corrected chi connectivity index (χ4v) is 2.78. The molecule has 2 aliphatic heterocycles. The number of hydrogen-bond acceptors (Lipinski definition) is 6. The summed E-state index contributed by atoms with van der Waals surface area (Å²) < 4.78 is 4.97. The Labute approximate surface area is 120 Å². The topological polar surface area (TPSA) is 88.1 Å². The number of amides is 3. The third kappa shape index (κ3) is 3.19. The number of carbonyl (C=O) groups excluding carboxylic acids is 3. The fourth-order valence-electron chi connectivity index (χ4n) is 1.83. The Morgan fingerprint density at radius 3 is 2.95 bits per heavy atom. The summed E-state index contributed by atoms with van der Waals surface area (Å²) >= 11 is 1.42. The highest BCUT2D eigenvalue weighted by Crippen LogP contribution is 2.21. The van der Waals surface area contributed by atoms with E-state index in [4.69, 9.17) is 4.74 Å². The van der Waals surface area contributed by atoms with Crippen LogP contribution in [0.4, 0.5) is 0 Å². The predicted octanol–water partition coefficient (Wildman–Crippen LogP) is -0.464. The number of ether oxygens (including phenoxy) is 1. The molecule has 0 aromatic rings. The van der Waals surface area contributed by atoms with Crippen molar-refractivity contribution in [2.24, 2.45) is 4.99 Å². The Kier molecular flexibility index (Phi) is 4.43. The second-order valence-corrected chi connectivity index (χ2v) is 5.43. The van der Waals surface area contributed by atoms with Crippen molar-refractivity contribution in [3.8, 4) is 0 Å². The van der Waals surface area contributed by atoms with E-state index < -0.39 is 6.04 Å². The zero-order valence-electron chi connectivity index (χ0n) is 11.2. The summed E-state index contributed by atoms with van der Waals surface area (Å²) in [5, 5.41) is 3.33. The molecule has 0 aromatic carbocycles. The second kappa shape index (κ2) is 6.08. The summed E-state index contributed by atoms with van der Waals surface area (Å²) in [6.45, 7) is 1.90. The maximum atomic E-state index is 12.2. The zero-order valence-corrected chi connectivity index (χ0v) is 12.0. The van der Waals surface area contributed by atoms with Crippen LogP contribution in [0, 0.1) is 0 Å². The molecule has 0 spiro atoms. The summed E-state index contributed by atoms with van der Waals surface area (Å²) in [5.74, 6) is 0.106. The van der Waals surface area contributed by atoms with Gasteiger partial charge in [0.25, 0.3) is 11.8 Å². The van der Waals surface area contributed by atoms with Gasteiger partial charge in [-0.25, -0.2) is 0 Å². The monoisotopic (exact) mass is 297 g/mol. The molecular formula is C12H15N3O4S. The third-order valence-corrected chi connectivity index (χ3v) is 3.94. The summed E-state index contributed by atoms with van der Waals surface area (Å²) in [6, 6.07) is -0.572. The van der Waals surface area contributed by atoms with Crippen molar-refractivity contribution in [2.45, 2.75) is 13.0 Å². The van der Waals surface area contributed by atoms with E-state index in [-0.39, 0.29) is 24.3 Å². The Hall–Kier alpha value is -1.83. The predicted molar refractivity (Wildman–Crippen MR) is 74.2 cm³/mol. The summed E-state index contributed by atoms with van der Waals surface area (Å²) in [6.07, 6.45) is 1.31. The fraction of sp³-hybridized carbons (Fsp3) is 0.500. The van der Waals surface area contributed by atoms with Gasteiger partial charge in [0.1, 0.15) is 11.8 Å². The van der Waals surface area contributed by atoms with Crippen LogP contribution in [0.15, 0.2) is 16.8 Å². The lowest BCUT2D eigenvalue weighted by atomic mass is 10.3. The Balaban J connectivity index is 1.95. The maximum Gasteiger partial charge on any atom is 0.257 e. The highest BCUT2D eigenvalue weighted by molar-refractivity contribution is 8.14. The highest BCUT2D eigenvalue weighted by Gasteiger charge is 2.35. The van der Waals surface area contributed by atoms with Gasteiger partial charge in [-0.2, -0.15) is 0 Å². The number of thioether (sulfide) groups is 1. The van der Waals surface area contributed by atoms with Crippen molar-refractivity contribution in [2.75, 3.05) is 26.0 Å². The smallest absolute Gasteiger partial charge is 0.257 e. The van der Waals surface area contributed by atoms with E-state index in [1.54, 1.807) is 0 Å². The molecule has 1 atom stereocenters. The van der Waals surface area contributed by atoms with Gasteiger partial charge >= 0.3 is 0 Å². The van der Waals surface area contributed by atoms with Crippen LogP contribution in [0.25, 0.3) is 0 Å². The molecular weight excluding hydrogens is 282 g/mol. The van der Waals surface area contributed by atoms with E-state index in [9.17, 15) is 14.4 Å². The van der Waals surface area contributed by atoms with Crippen molar-refractivity contribution >= 4 is 34.5 Å². The molecule has 0 saturated carbocycles. The lowest BCUT2D eigenvalue weighted by Gasteiger charge is -2.16. The van der Waals surface area contributed by atoms with Gasteiger partial charge in [-0.05, 0) is 0 Å². The first-order chi connectivity index (χ1) is 9.51. The molecule has 2 rings (SSSR count).